The zero-order chi connectivity index (χ0) is 14.7. The standard InChI is InChI=1S/C16H22N2O2S/c1-19-13-6-3-11(9-14(13)20-2)7-8-17-16-18-10-15(21-16)12-4-5-12/h3,6,9,12,15H,4-5,7-8,10H2,1-2H3,(H,17,18). The minimum Gasteiger partial charge on any atom is -0.493 e. The van der Waals surface area contributed by atoms with Gasteiger partial charge in [0.25, 0.3) is 0 Å². The molecule has 21 heavy (non-hydrogen) atoms. The number of amidine groups is 1. The molecule has 1 aliphatic carbocycles. The second-order valence-corrected chi connectivity index (χ2v) is 6.73. The number of rotatable bonds is 6. The lowest BCUT2D eigenvalue weighted by atomic mass is 10.1. The first-order chi connectivity index (χ1) is 10.3. The normalized spacial score (nSPS) is 21.0. The Morgan fingerprint density at radius 3 is 2.76 bits per heavy atom. The van der Waals surface area contributed by atoms with Gasteiger partial charge in [0.05, 0.1) is 20.8 Å². The highest BCUT2D eigenvalue weighted by Gasteiger charge is 2.35. The summed E-state index contributed by atoms with van der Waals surface area (Å²) in [4.78, 5) is 4.59. The minimum atomic E-state index is 0.730. The predicted molar refractivity (Wildman–Crippen MR) is 87.7 cm³/mol. The van der Waals surface area contributed by atoms with Crippen molar-refractivity contribution in [3.63, 3.8) is 0 Å². The molecule has 1 aromatic carbocycles. The maximum absolute atomic E-state index is 5.33. The van der Waals surface area contributed by atoms with Crippen molar-refractivity contribution in [2.75, 3.05) is 27.3 Å². The van der Waals surface area contributed by atoms with Crippen molar-refractivity contribution in [1.82, 2.24) is 5.32 Å². The van der Waals surface area contributed by atoms with Crippen molar-refractivity contribution in [3.8, 4) is 11.5 Å². The smallest absolute Gasteiger partial charge is 0.160 e. The summed E-state index contributed by atoms with van der Waals surface area (Å²) in [5.41, 5.74) is 1.24. The summed E-state index contributed by atoms with van der Waals surface area (Å²) >= 11 is 1.92. The highest BCUT2D eigenvalue weighted by atomic mass is 32.2. The van der Waals surface area contributed by atoms with Crippen LogP contribution in [0.2, 0.25) is 0 Å². The number of thioether (sulfide) groups is 1. The number of ether oxygens (including phenoxy) is 2. The second kappa shape index (κ2) is 6.60. The minimum absolute atomic E-state index is 0.730. The summed E-state index contributed by atoms with van der Waals surface area (Å²) in [6.45, 7) is 1.90. The molecule has 0 aromatic heterocycles. The van der Waals surface area contributed by atoms with E-state index in [-0.39, 0.29) is 0 Å². The van der Waals surface area contributed by atoms with Crippen molar-refractivity contribution in [2.45, 2.75) is 24.5 Å². The van der Waals surface area contributed by atoms with Crippen molar-refractivity contribution >= 4 is 16.9 Å². The average molecular weight is 306 g/mol. The molecule has 3 rings (SSSR count). The van der Waals surface area contributed by atoms with E-state index in [0.717, 1.165) is 47.3 Å². The molecule has 1 aliphatic heterocycles. The summed E-state index contributed by atoms with van der Waals surface area (Å²) in [5.74, 6) is 2.48. The Bertz CT molecular complexity index is 529. The highest BCUT2D eigenvalue weighted by Crippen LogP contribution is 2.41. The zero-order valence-electron chi connectivity index (χ0n) is 12.6. The lowest BCUT2D eigenvalue weighted by Crippen LogP contribution is -2.22. The molecule has 0 spiro atoms. The summed E-state index contributed by atoms with van der Waals surface area (Å²) < 4.78 is 10.6. The third-order valence-corrected chi connectivity index (χ3v) is 5.30. The van der Waals surface area contributed by atoms with Gasteiger partial charge in [0.2, 0.25) is 0 Å². The molecule has 1 aromatic rings. The average Bonchev–Trinajstić information content (AvgIpc) is 3.27. The van der Waals surface area contributed by atoms with Gasteiger partial charge < -0.3 is 14.8 Å². The predicted octanol–water partition coefficient (Wildman–Crippen LogP) is 2.72. The van der Waals surface area contributed by atoms with Gasteiger partial charge in [-0.15, -0.1) is 0 Å². The van der Waals surface area contributed by atoms with Crippen LogP contribution in [-0.2, 0) is 6.42 Å². The first kappa shape index (κ1) is 14.6. The van der Waals surface area contributed by atoms with Crippen LogP contribution in [0.5, 0.6) is 11.5 Å². The van der Waals surface area contributed by atoms with Crippen LogP contribution in [0.25, 0.3) is 0 Å². The maximum Gasteiger partial charge on any atom is 0.160 e. The van der Waals surface area contributed by atoms with Crippen molar-refractivity contribution in [3.05, 3.63) is 23.8 Å². The number of nitrogens with one attached hydrogen (secondary N) is 1. The molecule has 1 heterocycles. The van der Waals surface area contributed by atoms with Gasteiger partial charge in [0.15, 0.2) is 16.7 Å². The lowest BCUT2D eigenvalue weighted by Gasteiger charge is -2.10. The number of methoxy groups -OCH3 is 2. The van der Waals surface area contributed by atoms with E-state index in [1.807, 2.05) is 23.9 Å². The van der Waals surface area contributed by atoms with Gasteiger partial charge in [-0.05, 0) is 42.9 Å². The molecule has 1 unspecified atom stereocenters. The number of hydrogen-bond acceptors (Lipinski definition) is 5. The van der Waals surface area contributed by atoms with E-state index in [1.165, 1.54) is 18.4 Å². The zero-order valence-corrected chi connectivity index (χ0v) is 13.4. The number of benzene rings is 1. The van der Waals surface area contributed by atoms with E-state index in [9.17, 15) is 0 Å². The van der Waals surface area contributed by atoms with E-state index in [0.29, 0.717) is 0 Å². The summed E-state index contributed by atoms with van der Waals surface area (Å²) in [6.07, 6.45) is 3.74. The Hall–Kier alpha value is -1.36. The van der Waals surface area contributed by atoms with E-state index in [4.69, 9.17) is 9.47 Å². The fourth-order valence-corrected chi connectivity index (χ4v) is 3.79. The van der Waals surface area contributed by atoms with Crippen molar-refractivity contribution < 1.29 is 9.47 Å². The highest BCUT2D eigenvalue weighted by molar-refractivity contribution is 8.14. The number of nitrogens with zero attached hydrogens (tertiary/aromatic N) is 1. The first-order valence-electron chi connectivity index (χ1n) is 7.46. The maximum atomic E-state index is 5.33. The third-order valence-electron chi connectivity index (χ3n) is 3.96. The lowest BCUT2D eigenvalue weighted by molar-refractivity contribution is 0.354. The largest absolute Gasteiger partial charge is 0.493 e. The molecule has 5 heteroatoms. The molecule has 4 nitrogen and oxygen atoms in total. The fourth-order valence-electron chi connectivity index (χ4n) is 2.55. The summed E-state index contributed by atoms with van der Waals surface area (Å²) in [7, 11) is 3.33. The molecule has 0 saturated heterocycles. The molecular weight excluding hydrogens is 284 g/mol. The monoisotopic (exact) mass is 306 g/mol. The number of aliphatic imine (C=N–C) groups is 1. The SMILES string of the molecule is COc1ccc(CCNC2=NCC(C3CC3)S2)cc1OC. The molecule has 1 fully saturated rings. The molecule has 0 radical (unpaired) electrons. The van der Waals surface area contributed by atoms with Crippen LogP contribution in [0.1, 0.15) is 18.4 Å². The van der Waals surface area contributed by atoms with E-state index in [1.54, 1.807) is 14.2 Å². The Labute approximate surface area is 130 Å². The van der Waals surface area contributed by atoms with Gasteiger partial charge >= 0.3 is 0 Å². The van der Waals surface area contributed by atoms with E-state index >= 15 is 0 Å². The van der Waals surface area contributed by atoms with Crippen LogP contribution in [0.15, 0.2) is 23.2 Å². The Kier molecular flexibility index (Phi) is 4.58. The van der Waals surface area contributed by atoms with Gasteiger partial charge in [0.1, 0.15) is 0 Å². The van der Waals surface area contributed by atoms with E-state index < -0.39 is 0 Å². The quantitative estimate of drug-likeness (QED) is 0.877. The summed E-state index contributed by atoms with van der Waals surface area (Å²) in [6, 6.07) is 6.08. The molecule has 114 valence electrons. The van der Waals surface area contributed by atoms with Crippen LogP contribution in [0.3, 0.4) is 0 Å². The molecular formula is C16H22N2O2S. The molecule has 2 aliphatic rings. The van der Waals surface area contributed by atoms with Crippen molar-refractivity contribution in [2.24, 2.45) is 10.9 Å². The van der Waals surface area contributed by atoms with Crippen LogP contribution in [-0.4, -0.2) is 37.7 Å². The molecule has 1 atom stereocenters. The second-order valence-electron chi connectivity index (χ2n) is 5.51. The Morgan fingerprint density at radius 1 is 1.24 bits per heavy atom. The first-order valence-corrected chi connectivity index (χ1v) is 8.34. The molecule has 0 amide bonds. The van der Waals surface area contributed by atoms with Crippen LogP contribution < -0.4 is 14.8 Å². The van der Waals surface area contributed by atoms with E-state index in [2.05, 4.69) is 16.4 Å². The van der Waals surface area contributed by atoms with Crippen LogP contribution in [0.4, 0.5) is 0 Å². The van der Waals surface area contributed by atoms with Gasteiger partial charge in [-0.3, -0.25) is 4.99 Å². The summed E-state index contributed by atoms with van der Waals surface area (Å²) in [5, 5.41) is 5.30. The third kappa shape index (κ3) is 3.64. The molecule has 0 bridgehead atoms. The number of hydrogen-bond donors (Lipinski definition) is 1. The van der Waals surface area contributed by atoms with Crippen LogP contribution in [0, 0.1) is 5.92 Å². The van der Waals surface area contributed by atoms with Crippen molar-refractivity contribution in [1.29, 1.82) is 0 Å². The van der Waals surface area contributed by atoms with Gasteiger partial charge in [-0.25, -0.2) is 0 Å². The van der Waals surface area contributed by atoms with Gasteiger partial charge in [-0.1, -0.05) is 17.8 Å². The van der Waals surface area contributed by atoms with Crippen LogP contribution >= 0.6 is 11.8 Å². The van der Waals surface area contributed by atoms with Gasteiger partial charge in [0, 0.05) is 11.8 Å². The topological polar surface area (TPSA) is 42.8 Å². The van der Waals surface area contributed by atoms with Gasteiger partial charge in [-0.2, -0.15) is 0 Å². The Balaban J connectivity index is 1.47. The molecule has 1 N–H and O–H groups in total. The fraction of sp³-hybridized carbons (Fsp3) is 0.562. The molecule has 1 saturated carbocycles. The Morgan fingerprint density at radius 2 is 2.05 bits per heavy atom.